The van der Waals surface area contributed by atoms with E-state index in [0.717, 1.165) is 30.8 Å². The molecule has 2 atom stereocenters. The molecular formula is C16H27N5O2S. The molecule has 0 spiro atoms. The number of hydrogen-bond donors (Lipinski definition) is 3. The first-order chi connectivity index (χ1) is 11.4. The molecule has 0 bridgehead atoms. The minimum Gasteiger partial charge on any atom is -0.355 e. The lowest BCUT2D eigenvalue weighted by Gasteiger charge is -2.32. The number of aromatic nitrogens is 3. The fourth-order valence-electron chi connectivity index (χ4n) is 2.94. The summed E-state index contributed by atoms with van der Waals surface area (Å²) in [5.41, 5.74) is -0.275. The number of thioether (sulfide) groups is 1. The molecule has 1 saturated carbocycles. The molecule has 2 amide bonds. The van der Waals surface area contributed by atoms with Crippen LogP contribution >= 0.6 is 11.8 Å². The third-order valence-corrected chi connectivity index (χ3v) is 4.85. The molecule has 8 heteroatoms. The molecular weight excluding hydrogens is 326 g/mol. The molecule has 3 N–H and O–H groups in total. The first-order valence-corrected chi connectivity index (χ1v) is 9.43. The van der Waals surface area contributed by atoms with Gasteiger partial charge in [-0.25, -0.2) is 4.98 Å². The van der Waals surface area contributed by atoms with E-state index in [0.29, 0.717) is 12.3 Å². The Balaban J connectivity index is 1.82. The summed E-state index contributed by atoms with van der Waals surface area (Å²) in [6.07, 6.45) is 5.04. The highest BCUT2D eigenvalue weighted by atomic mass is 32.2. The molecule has 2 rings (SSSR count). The summed E-state index contributed by atoms with van der Waals surface area (Å²) in [5.74, 6) is 0.253. The first-order valence-electron chi connectivity index (χ1n) is 8.45. The molecule has 0 radical (unpaired) electrons. The van der Waals surface area contributed by atoms with Gasteiger partial charge in [0, 0.05) is 29.7 Å². The maximum Gasteiger partial charge on any atom is 0.224 e. The van der Waals surface area contributed by atoms with Gasteiger partial charge < -0.3 is 10.6 Å². The fraction of sp³-hybridized carbons (Fsp3) is 0.750. The van der Waals surface area contributed by atoms with Crippen LogP contribution in [0.3, 0.4) is 0 Å². The Morgan fingerprint density at radius 2 is 1.92 bits per heavy atom. The van der Waals surface area contributed by atoms with Crippen molar-refractivity contribution in [3.63, 3.8) is 0 Å². The van der Waals surface area contributed by atoms with Crippen LogP contribution in [-0.2, 0) is 9.59 Å². The van der Waals surface area contributed by atoms with Gasteiger partial charge in [0.25, 0.3) is 0 Å². The average molecular weight is 353 g/mol. The Hall–Kier alpha value is -1.57. The second-order valence-corrected chi connectivity index (χ2v) is 8.25. The van der Waals surface area contributed by atoms with Gasteiger partial charge in [-0.1, -0.05) is 24.6 Å². The van der Waals surface area contributed by atoms with Crippen LogP contribution in [0.2, 0.25) is 0 Å². The van der Waals surface area contributed by atoms with Crippen molar-refractivity contribution < 1.29 is 9.59 Å². The Morgan fingerprint density at radius 3 is 2.50 bits per heavy atom. The Bertz CT molecular complexity index is 541. The van der Waals surface area contributed by atoms with Gasteiger partial charge in [-0.2, -0.15) is 5.10 Å². The molecule has 0 saturated heterocycles. The molecule has 134 valence electrons. The molecule has 1 aliphatic carbocycles. The van der Waals surface area contributed by atoms with Gasteiger partial charge in [-0.15, -0.1) is 0 Å². The van der Waals surface area contributed by atoms with Crippen molar-refractivity contribution in [2.75, 3.05) is 12.3 Å². The van der Waals surface area contributed by atoms with E-state index in [2.05, 4.69) is 25.8 Å². The lowest BCUT2D eigenvalue weighted by Crippen LogP contribution is -2.49. The molecule has 0 aromatic carbocycles. The zero-order valence-corrected chi connectivity index (χ0v) is 15.4. The first kappa shape index (κ1) is 18.8. The molecule has 1 heterocycles. The molecule has 24 heavy (non-hydrogen) atoms. The number of H-pyrrole nitrogens is 1. The SMILES string of the molecule is CC(C)(C)NC(=O)[C@@H]1CCCC[C@@H]1C(=O)NCCSc1ncn[nH]1. The maximum atomic E-state index is 12.5. The molecule has 0 unspecified atom stereocenters. The standard InChI is InChI=1S/C16H27N5O2S/c1-16(2,3)20-14(23)12-7-5-4-6-11(12)13(22)17-8-9-24-15-18-10-19-21-15/h10-12H,4-9H2,1-3H3,(H,17,22)(H,20,23)(H,18,19,21)/t11-,12+/m0/s1. The second kappa shape index (κ2) is 8.50. The number of carbonyl (C=O) groups is 2. The number of rotatable bonds is 6. The minimum atomic E-state index is -0.275. The summed E-state index contributed by atoms with van der Waals surface area (Å²) in [5, 5.41) is 13.3. The van der Waals surface area contributed by atoms with Crippen molar-refractivity contribution >= 4 is 23.6 Å². The average Bonchev–Trinajstić information content (AvgIpc) is 3.03. The summed E-state index contributed by atoms with van der Waals surface area (Å²) in [4.78, 5) is 29.0. The lowest BCUT2D eigenvalue weighted by atomic mass is 9.77. The minimum absolute atomic E-state index is 0.00150. The maximum absolute atomic E-state index is 12.5. The molecule has 1 aliphatic rings. The van der Waals surface area contributed by atoms with Crippen molar-refractivity contribution in [2.45, 2.75) is 57.1 Å². The summed E-state index contributed by atoms with van der Waals surface area (Å²) in [7, 11) is 0. The van der Waals surface area contributed by atoms with E-state index in [1.165, 1.54) is 18.1 Å². The van der Waals surface area contributed by atoms with Crippen LogP contribution in [0.25, 0.3) is 0 Å². The summed E-state index contributed by atoms with van der Waals surface area (Å²) in [6, 6.07) is 0. The highest BCUT2D eigenvalue weighted by Gasteiger charge is 2.36. The predicted molar refractivity (Wildman–Crippen MR) is 93.5 cm³/mol. The van der Waals surface area contributed by atoms with Crippen molar-refractivity contribution in [3.8, 4) is 0 Å². The second-order valence-electron chi connectivity index (χ2n) is 7.17. The summed E-state index contributed by atoms with van der Waals surface area (Å²) in [6.45, 7) is 6.44. The largest absolute Gasteiger partial charge is 0.355 e. The van der Waals surface area contributed by atoms with Crippen LogP contribution < -0.4 is 10.6 Å². The van der Waals surface area contributed by atoms with Crippen LogP contribution in [0.4, 0.5) is 0 Å². The Labute approximate surface area is 147 Å². The number of amides is 2. The van der Waals surface area contributed by atoms with Crippen LogP contribution in [0.1, 0.15) is 46.5 Å². The predicted octanol–water partition coefficient (Wildman–Crippen LogP) is 1.73. The zero-order chi connectivity index (χ0) is 17.6. The van der Waals surface area contributed by atoms with Crippen molar-refractivity contribution in [1.82, 2.24) is 25.8 Å². The van der Waals surface area contributed by atoms with Gasteiger partial charge in [0.15, 0.2) is 5.16 Å². The molecule has 1 aromatic heterocycles. The van der Waals surface area contributed by atoms with E-state index in [1.54, 1.807) is 0 Å². The molecule has 0 aliphatic heterocycles. The van der Waals surface area contributed by atoms with Crippen LogP contribution in [0, 0.1) is 11.8 Å². The highest BCUT2D eigenvalue weighted by molar-refractivity contribution is 7.99. The number of aromatic amines is 1. The van der Waals surface area contributed by atoms with Gasteiger partial charge >= 0.3 is 0 Å². The number of nitrogens with zero attached hydrogens (tertiary/aromatic N) is 2. The lowest BCUT2D eigenvalue weighted by molar-refractivity contribution is -0.137. The third kappa shape index (κ3) is 5.81. The van der Waals surface area contributed by atoms with E-state index < -0.39 is 0 Å². The Kier molecular flexibility index (Phi) is 6.65. The van der Waals surface area contributed by atoms with Gasteiger partial charge in [-0.3, -0.25) is 14.7 Å². The summed E-state index contributed by atoms with van der Waals surface area (Å²) >= 11 is 1.51. The van der Waals surface area contributed by atoms with Crippen molar-refractivity contribution in [3.05, 3.63) is 6.33 Å². The normalized spacial score (nSPS) is 21.3. The zero-order valence-electron chi connectivity index (χ0n) is 14.6. The Morgan fingerprint density at radius 1 is 1.25 bits per heavy atom. The van der Waals surface area contributed by atoms with Gasteiger partial charge in [0.05, 0.1) is 0 Å². The van der Waals surface area contributed by atoms with Gasteiger partial charge in [0.1, 0.15) is 6.33 Å². The number of nitrogens with one attached hydrogen (secondary N) is 3. The van der Waals surface area contributed by atoms with E-state index in [-0.39, 0.29) is 29.2 Å². The number of hydrogen-bond acceptors (Lipinski definition) is 5. The smallest absolute Gasteiger partial charge is 0.224 e. The molecule has 1 fully saturated rings. The fourth-order valence-corrected chi connectivity index (χ4v) is 3.57. The van der Waals surface area contributed by atoms with E-state index in [1.807, 2.05) is 20.8 Å². The van der Waals surface area contributed by atoms with Crippen molar-refractivity contribution in [2.24, 2.45) is 11.8 Å². The van der Waals surface area contributed by atoms with E-state index in [9.17, 15) is 9.59 Å². The van der Waals surface area contributed by atoms with Gasteiger partial charge in [0.2, 0.25) is 11.8 Å². The summed E-state index contributed by atoms with van der Waals surface area (Å²) < 4.78 is 0. The third-order valence-electron chi connectivity index (χ3n) is 3.97. The molecule has 7 nitrogen and oxygen atoms in total. The van der Waals surface area contributed by atoms with Crippen LogP contribution in [0.5, 0.6) is 0 Å². The highest BCUT2D eigenvalue weighted by Crippen LogP contribution is 2.31. The number of carbonyl (C=O) groups excluding carboxylic acids is 2. The monoisotopic (exact) mass is 353 g/mol. The quantitative estimate of drug-likeness (QED) is 0.534. The molecule has 1 aromatic rings. The topological polar surface area (TPSA) is 99.8 Å². The van der Waals surface area contributed by atoms with Crippen molar-refractivity contribution in [1.29, 1.82) is 0 Å². The van der Waals surface area contributed by atoms with E-state index >= 15 is 0 Å². The van der Waals surface area contributed by atoms with Crippen LogP contribution in [-0.4, -0.2) is 44.8 Å². The van der Waals surface area contributed by atoms with Gasteiger partial charge in [-0.05, 0) is 33.6 Å². The van der Waals surface area contributed by atoms with Crippen LogP contribution in [0.15, 0.2) is 11.5 Å². The van der Waals surface area contributed by atoms with E-state index in [4.69, 9.17) is 0 Å².